The van der Waals surface area contributed by atoms with Crippen molar-refractivity contribution in [2.75, 3.05) is 25.1 Å². The summed E-state index contributed by atoms with van der Waals surface area (Å²) >= 11 is 6.15. The first-order valence-corrected chi connectivity index (χ1v) is 6.21. The van der Waals surface area contributed by atoms with E-state index in [4.69, 9.17) is 16.3 Å². The molecule has 1 aromatic carbocycles. The normalized spacial score (nSPS) is 20.8. The lowest BCUT2D eigenvalue weighted by Crippen LogP contribution is -2.24. The second-order valence-corrected chi connectivity index (χ2v) is 4.85. The second kappa shape index (κ2) is 5.55. The molecule has 1 aliphatic rings. The van der Waals surface area contributed by atoms with Gasteiger partial charge in [0, 0.05) is 13.2 Å². The zero-order chi connectivity index (χ0) is 11.4. The van der Waals surface area contributed by atoms with Crippen LogP contribution in [0.25, 0.3) is 0 Å². The monoisotopic (exact) mass is 239 g/mol. The third kappa shape index (κ3) is 3.13. The van der Waals surface area contributed by atoms with Gasteiger partial charge < -0.3 is 10.1 Å². The van der Waals surface area contributed by atoms with Gasteiger partial charge in [-0.3, -0.25) is 0 Å². The number of rotatable bonds is 3. The smallest absolute Gasteiger partial charge is 0.0640 e. The molecule has 0 saturated carbocycles. The quantitative estimate of drug-likeness (QED) is 0.872. The molecule has 3 heteroatoms. The van der Waals surface area contributed by atoms with Crippen LogP contribution in [-0.2, 0) is 4.74 Å². The van der Waals surface area contributed by atoms with Gasteiger partial charge >= 0.3 is 0 Å². The Labute approximate surface area is 102 Å². The van der Waals surface area contributed by atoms with Gasteiger partial charge in [-0.05, 0) is 43.4 Å². The van der Waals surface area contributed by atoms with Crippen LogP contribution in [0.1, 0.15) is 18.4 Å². The minimum Gasteiger partial charge on any atom is -0.383 e. The number of benzene rings is 1. The SMILES string of the molecule is Cc1ccc(NCC2CCCOC2)c(Cl)c1. The molecule has 0 amide bonds. The van der Waals surface area contributed by atoms with Crippen LogP contribution in [0.15, 0.2) is 18.2 Å². The van der Waals surface area contributed by atoms with E-state index in [1.807, 2.05) is 19.1 Å². The first kappa shape index (κ1) is 11.7. The van der Waals surface area contributed by atoms with Crippen molar-refractivity contribution in [1.29, 1.82) is 0 Å². The van der Waals surface area contributed by atoms with Crippen molar-refractivity contribution >= 4 is 17.3 Å². The first-order chi connectivity index (χ1) is 7.75. The maximum atomic E-state index is 6.15. The molecule has 88 valence electrons. The molecule has 0 bridgehead atoms. The van der Waals surface area contributed by atoms with Crippen LogP contribution in [0.3, 0.4) is 0 Å². The predicted molar refractivity (Wildman–Crippen MR) is 68.2 cm³/mol. The molecule has 2 nitrogen and oxygen atoms in total. The number of aryl methyl sites for hydroxylation is 1. The van der Waals surface area contributed by atoms with Crippen molar-refractivity contribution in [1.82, 2.24) is 0 Å². The van der Waals surface area contributed by atoms with Crippen LogP contribution in [0.2, 0.25) is 5.02 Å². The summed E-state index contributed by atoms with van der Waals surface area (Å²) < 4.78 is 5.45. The third-order valence-electron chi connectivity index (χ3n) is 2.96. The van der Waals surface area contributed by atoms with Gasteiger partial charge in [0.25, 0.3) is 0 Å². The van der Waals surface area contributed by atoms with E-state index in [-0.39, 0.29) is 0 Å². The van der Waals surface area contributed by atoms with Crippen molar-refractivity contribution in [2.24, 2.45) is 5.92 Å². The van der Waals surface area contributed by atoms with E-state index in [1.165, 1.54) is 18.4 Å². The lowest BCUT2D eigenvalue weighted by molar-refractivity contribution is 0.0595. The minimum absolute atomic E-state index is 0.617. The van der Waals surface area contributed by atoms with Gasteiger partial charge in [0.05, 0.1) is 17.3 Å². The van der Waals surface area contributed by atoms with Gasteiger partial charge in [-0.1, -0.05) is 17.7 Å². The summed E-state index contributed by atoms with van der Waals surface area (Å²) in [5, 5.41) is 4.20. The van der Waals surface area contributed by atoms with Crippen molar-refractivity contribution in [2.45, 2.75) is 19.8 Å². The Morgan fingerprint density at radius 2 is 2.38 bits per heavy atom. The fraction of sp³-hybridized carbons (Fsp3) is 0.538. The highest BCUT2D eigenvalue weighted by atomic mass is 35.5. The van der Waals surface area contributed by atoms with Crippen LogP contribution < -0.4 is 5.32 Å². The molecule has 1 heterocycles. The van der Waals surface area contributed by atoms with Gasteiger partial charge in [0.2, 0.25) is 0 Å². The van der Waals surface area contributed by atoms with Gasteiger partial charge in [0.1, 0.15) is 0 Å². The number of halogens is 1. The van der Waals surface area contributed by atoms with E-state index in [0.29, 0.717) is 5.92 Å². The zero-order valence-corrected chi connectivity index (χ0v) is 10.4. The first-order valence-electron chi connectivity index (χ1n) is 5.83. The van der Waals surface area contributed by atoms with Gasteiger partial charge in [0.15, 0.2) is 0 Å². The zero-order valence-electron chi connectivity index (χ0n) is 9.63. The maximum absolute atomic E-state index is 6.15. The molecule has 0 aromatic heterocycles. The molecule has 1 fully saturated rings. The molecule has 1 N–H and O–H groups in total. The average molecular weight is 240 g/mol. The molecular weight excluding hydrogens is 222 g/mol. The Morgan fingerprint density at radius 3 is 3.06 bits per heavy atom. The molecule has 2 rings (SSSR count). The number of nitrogens with one attached hydrogen (secondary N) is 1. The molecule has 1 atom stereocenters. The van der Waals surface area contributed by atoms with E-state index in [1.54, 1.807) is 0 Å². The van der Waals surface area contributed by atoms with Crippen LogP contribution in [0.5, 0.6) is 0 Å². The summed E-state index contributed by atoms with van der Waals surface area (Å²) in [6, 6.07) is 6.11. The van der Waals surface area contributed by atoms with E-state index < -0.39 is 0 Å². The second-order valence-electron chi connectivity index (χ2n) is 4.45. The number of ether oxygens (including phenoxy) is 1. The van der Waals surface area contributed by atoms with Crippen LogP contribution in [0, 0.1) is 12.8 Å². The fourth-order valence-electron chi connectivity index (χ4n) is 1.99. The van der Waals surface area contributed by atoms with E-state index in [2.05, 4.69) is 11.4 Å². The summed E-state index contributed by atoms with van der Waals surface area (Å²) in [5.41, 5.74) is 2.22. The summed E-state index contributed by atoms with van der Waals surface area (Å²) in [5.74, 6) is 0.617. The Kier molecular flexibility index (Phi) is 4.08. The van der Waals surface area contributed by atoms with Crippen molar-refractivity contribution in [3.8, 4) is 0 Å². The topological polar surface area (TPSA) is 21.3 Å². The standard InChI is InChI=1S/C13H18ClNO/c1-10-4-5-13(12(14)7-10)15-8-11-3-2-6-16-9-11/h4-5,7,11,15H,2-3,6,8-9H2,1H3. The van der Waals surface area contributed by atoms with E-state index >= 15 is 0 Å². The molecule has 1 aliphatic heterocycles. The molecule has 1 unspecified atom stereocenters. The van der Waals surface area contributed by atoms with Gasteiger partial charge in [-0.15, -0.1) is 0 Å². The Balaban J connectivity index is 1.88. The van der Waals surface area contributed by atoms with E-state index in [9.17, 15) is 0 Å². The molecule has 1 saturated heterocycles. The summed E-state index contributed by atoms with van der Waals surface area (Å²) in [6.07, 6.45) is 2.42. The molecule has 16 heavy (non-hydrogen) atoms. The highest BCUT2D eigenvalue weighted by Gasteiger charge is 2.13. The highest BCUT2D eigenvalue weighted by Crippen LogP contribution is 2.23. The summed E-state index contributed by atoms with van der Waals surface area (Å²) in [4.78, 5) is 0. The average Bonchev–Trinajstić information content (AvgIpc) is 2.29. The number of anilines is 1. The molecule has 1 aromatic rings. The van der Waals surface area contributed by atoms with Crippen LogP contribution in [-0.4, -0.2) is 19.8 Å². The van der Waals surface area contributed by atoms with Crippen LogP contribution in [0.4, 0.5) is 5.69 Å². The minimum atomic E-state index is 0.617. The fourth-order valence-corrected chi connectivity index (χ4v) is 2.29. The van der Waals surface area contributed by atoms with Crippen molar-refractivity contribution in [3.63, 3.8) is 0 Å². The molecule has 0 radical (unpaired) electrons. The number of hydrogen-bond donors (Lipinski definition) is 1. The third-order valence-corrected chi connectivity index (χ3v) is 3.27. The summed E-state index contributed by atoms with van der Waals surface area (Å²) in [6.45, 7) is 4.78. The Hall–Kier alpha value is -0.730. The lowest BCUT2D eigenvalue weighted by atomic mass is 10.0. The van der Waals surface area contributed by atoms with E-state index in [0.717, 1.165) is 30.5 Å². The van der Waals surface area contributed by atoms with Crippen molar-refractivity contribution < 1.29 is 4.74 Å². The van der Waals surface area contributed by atoms with Gasteiger partial charge in [-0.25, -0.2) is 0 Å². The Morgan fingerprint density at radius 1 is 1.50 bits per heavy atom. The van der Waals surface area contributed by atoms with Gasteiger partial charge in [-0.2, -0.15) is 0 Å². The molecular formula is C13H18ClNO. The maximum Gasteiger partial charge on any atom is 0.0640 e. The van der Waals surface area contributed by atoms with Crippen LogP contribution >= 0.6 is 11.6 Å². The predicted octanol–water partition coefficient (Wildman–Crippen LogP) is 3.49. The Bertz CT molecular complexity index is 348. The molecule has 0 aliphatic carbocycles. The largest absolute Gasteiger partial charge is 0.383 e. The van der Waals surface area contributed by atoms with Crippen molar-refractivity contribution in [3.05, 3.63) is 28.8 Å². The lowest BCUT2D eigenvalue weighted by Gasteiger charge is -2.23. The molecule has 0 spiro atoms. The number of hydrogen-bond acceptors (Lipinski definition) is 2. The highest BCUT2D eigenvalue weighted by molar-refractivity contribution is 6.33. The summed E-state index contributed by atoms with van der Waals surface area (Å²) in [7, 11) is 0.